The molecule has 3 aromatic carbocycles. The predicted octanol–water partition coefficient (Wildman–Crippen LogP) is 4.48. The van der Waals surface area contributed by atoms with Gasteiger partial charge in [0.1, 0.15) is 0 Å². The van der Waals surface area contributed by atoms with Gasteiger partial charge in [-0.3, -0.25) is 10.9 Å². The molecule has 0 bridgehead atoms. The molecule has 0 saturated heterocycles. The van der Waals surface area contributed by atoms with Crippen LogP contribution in [0.3, 0.4) is 0 Å². The summed E-state index contributed by atoms with van der Waals surface area (Å²) in [4.78, 5) is 23.8. The van der Waals surface area contributed by atoms with E-state index in [2.05, 4.69) is 26.8 Å². The highest BCUT2D eigenvalue weighted by Gasteiger charge is 2.04. The second-order valence-corrected chi connectivity index (χ2v) is 5.59. The summed E-state index contributed by atoms with van der Waals surface area (Å²) in [7, 11) is 0. The van der Waals surface area contributed by atoms with Crippen LogP contribution in [0.5, 0.6) is 0 Å². The van der Waals surface area contributed by atoms with E-state index < -0.39 is 6.03 Å². The Morgan fingerprint density at radius 2 is 0.889 bits per heavy atom. The highest BCUT2D eigenvalue weighted by atomic mass is 16.2. The minimum absolute atomic E-state index is 0.341. The van der Waals surface area contributed by atoms with Gasteiger partial charge in [-0.05, 0) is 48.5 Å². The second-order valence-electron chi connectivity index (χ2n) is 5.59. The van der Waals surface area contributed by atoms with E-state index in [1.165, 1.54) is 0 Å². The molecule has 0 aliphatic rings. The van der Waals surface area contributed by atoms with E-state index in [1.54, 1.807) is 36.4 Å². The number of urea groups is 2. The summed E-state index contributed by atoms with van der Waals surface area (Å²) in [6.07, 6.45) is 0. The predicted molar refractivity (Wildman–Crippen MR) is 108 cm³/mol. The Morgan fingerprint density at radius 1 is 0.481 bits per heavy atom. The number of para-hydroxylation sites is 2. The maximum absolute atomic E-state index is 12.0. The van der Waals surface area contributed by atoms with Crippen LogP contribution < -0.4 is 26.8 Å². The molecule has 0 aliphatic heterocycles. The zero-order valence-corrected chi connectivity index (χ0v) is 14.4. The van der Waals surface area contributed by atoms with Crippen molar-refractivity contribution in [1.29, 1.82) is 0 Å². The lowest BCUT2D eigenvalue weighted by Gasteiger charge is -2.11. The van der Waals surface area contributed by atoms with Crippen molar-refractivity contribution in [1.82, 2.24) is 5.43 Å². The molecule has 5 N–H and O–H groups in total. The standard InChI is InChI=1S/C20H19N5O2/c26-19(21-15-7-3-1-4-8-15)22-16-11-13-17(14-12-16)23-20(27)25-24-18-9-5-2-6-10-18/h1-14,24H,(H2,21,22,26)(H2,23,25,27). The quantitative estimate of drug-likeness (QED) is 0.434. The van der Waals surface area contributed by atoms with Crippen molar-refractivity contribution < 1.29 is 9.59 Å². The molecule has 3 rings (SSSR count). The Morgan fingerprint density at radius 3 is 1.41 bits per heavy atom. The van der Waals surface area contributed by atoms with Crippen LogP contribution in [0.25, 0.3) is 0 Å². The van der Waals surface area contributed by atoms with E-state index in [0.717, 1.165) is 5.69 Å². The summed E-state index contributed by atoms with van der Waals surface area (Å²) in [6, 6.07) is 24.5. The molecular formula is C20H19N5O2. The lowest BCUT2D eigenvalue weighted by atomic mass is 10.3. The van der Waals surface area contributed by atoms with Crippen LogP contribution >= 0.6 is 0 Å². The number of carbonyl (C=O) groups excluding carboxylic acids is 2. The molecule has 4 amide bonds. The molecule has 0 fully saturated rings. The maximum Gasteiger partial charge on any atom is 0.337 e. The normalized spacial score (nSPS) is 9.78. The average molecular weight is 361 g/mol. The summed E-state index contributed by atoms with van der Waals surface area (Å²) in [5.41, 5.74) is 8.02. The number of rotatable bonds is 5. The molecule has 136 valence electrons. The Bertz CT molecular complexity index is 883. The zero-order valence-electron chi connectivity index (χ0n) is 14.4. The van der Waals surface area contributed by atoms with E-state index in [9.17, 15) is 9.59 Å². The average Bonchev–Trinajstić information content (AvgIpc) is 2.69. The van der Waals surface area contributed by atoms with Gasteiger partial charge < -0.3 is 16.0 Å². The molecular weight excluding hydrogens is 342 g/mol. The first-order chi connectivity index (χ1) is 13.2. The van der Waals surface area contributed by atoms with Crippen molar-refractivity contribution in [2.24, 2.45) is 0 Å². The molecule has 0 unspecified atom stereocenters. The SMILES string of the molecule is O=C(NNc1ccccc1)Nc1ccc(NC(=O)Nc2ccccc2)cc1. The summed E-state index contributed by atoms with van der Waals surface area (Å²) in [5.74, 6) is 0. The minimum Gasteiger partial charge on any atom is -0.308 e. The molecule has 3 aromatic rings. The maximum atomic E-state index is 12.0. The summed E-state index contributed by atoms with van der Waals surface area (Å²) in [5, 5.41) is 8.15. The van der Waals surface area contributed by atoms with Gasteiger partial charge in [0.25, 0.3) is 0 Å². The van der Waals surface area contributed by atoms with E-state index in [0.29, 0.717) is 17.1 Å². The highest BCUT2D eigenvalue weighted by Crippen LogP contribution is 2.14. The first kappa shape index (κ1) is 17.8. The number of nitrogens with one attached hydrogen (secondary N) is 5. The van der Waals surface area contributed by atoms with Crippen molar-refractivity contribution in [3.05, 3.63) is 84.9 Å². The van der Waals surface area contributed by atoms with Crippen LogP contribution in [0.15, 0.2) is 84.9 Å². The summed E-state index contributed by atoms with van der Waals surface area (Å²) in [6.45, 7) is 0. The molecule has 0 aromatic heterocycles. The van der Waals surface area contributed by atoms with Crippen LogP contribution in [0, 0.1) is 0 Å². The topological polar surface area (TPSA) is 94.3 Å². The fourth-order valence-electron chi connectivity index (χ4n) is 2.26. The van der Waals surface area contributed by atoms with Crippen molar-refractivity contribution in [3.63, 3.8) is 0 Å². The van der Waals surface area contributed by atoms with Crippen LogP contribution in [0.2, 0.25) is 0 Å². The van der Waals surface area contributed by atoms with Crippen molar-refractivity contribution in [2.75, 3.05) is 21.4 Å². The molecule has 27 heavy (non-hydrogen) atoms. The fourth-order valence-corrected chi connectivity index (χ4v) is 2.26. The second kappa shape index (κ2) is 8.91. The van der Waals surface area contributed by atoms with Crippen LogP contribution in [-0.4, -0.2) is 12.1 Å². The third-order valence-electron chi connectivity index (χ3n) is 3.53. The van der Waals surface area contributed by atoms with E-state index in [1.807, 2.05) is 48.5 Å². The van der Waals surface area contributed by atoms with Gasteiger partial charge in [-0.1, -0.05) is 36.4 Å². The molecule has 0 aliphatic carbocycles. The molecule has 0 saturated carbocycles. The molecule has 0 atom stereocenters. The van der Waals surface area contributed by atoms with Crippen LogP contribution in [0.4, 0.5) is 32.3 Å². The van der Waals surface area contributed by atoms with Crippen molar-refractivity contribution >= 4 is 34.8 Å². The third-order valence-corrected chi connectivity index (χ3v) is 3.53. The van der Waals surface area contributed by atoms with Gasteiger partial charge in [-0.25, -0.2) is 9.59 Å². The van der Waals surface area contributed by atoms with Crippen molar-refractivity contribution in [3.8, 4) is 0 Å². The molecule has 0 heterocycles. The lowest BCUT2D eigenvalue weighted by molar-refractivity contribution is 0.253. The number of amides is 4. The Labute approximate surface area is 156 Å². The first-order valence-electron chi connectivity index (χ1n) is 8.30. The van der Waals surface area contributed by atoms with Crippen LogP contribution in [0.1, 0.15) is 0 Å². The zero-order chi connectivity index (χ0) is 18.9. The minimum atomic E-state index is -0.401. The molecule has 0 radical (unpaired) electrons. The summed E-state index contributed by atoms with van der Waals surface area (Å²) < 4.78 is 0. The van der Waals surface area contributed by atoms with E-state index >= 15 is 0 Å². The number of anilines is 4. The number of hydrazine groups is 1. The monoisotopic (exact) mass is 361 g/mol. The third kappa shape index (κ3) is 5.79. The molecule has 7 nitrogen and oxygen atoms in total. The summed E-state index contributed by atoms with van der Waals surface area (Å²) >= 11 is 0. The smallest absolute Gasteiger partial charge is 0.308 e. The number of carbonyl (C=O) groups is 2. The van der Waals surface area contributed by atoms with Gasteiger partial charge in [0.15, 0.2) is 0 Å². The molecule has 0 spiro atoms. The Kier molecular flexibility index (Phi) is 5.88. The number of benzene rings is 3. The van der Waals surface area contributed by atoms with Gasteiger partial charge in [0.2, 0.25) is 0 Å². The van der Waals surface area contributed by atoms with Gasteiger partial charge in [0, 0.05) is 17.1 Å². The largest absolute Gasteiger partial charge is 0.337 e. The van der Waals surface area contributed by atoms with E-state index in [-0.39, 0.29) is 6.03 Å². The first-order valence-corrected chi connectivity index (χ1v) is 8.30. The van der Waals surface area contributed by atoms with Crippen molar-refractivity contribution in [2.45, 2.75) is 0 Å². The van der Waals surface area contributed by atoms with Gasteiger partial charge >= 0.3 is 12.1 Å². The van der Waals surface area contributed by atoms with E-state index in [4.69, 9.17) is 0 Å². The van der Waals surface area contributed by atoms with Crippen LogP contribution in [-0.2, 0) is 0 Å². The Hall–Kier alpha value is -4.00. The Balaban J connectivity index is 1.46. The molecule has 7 heteroatoms. The lowest BCUT2D eigenvalue weighted by Crippen LogP contribution is -2.33. The van der Waals surface area contributed by atoms with Gasteiger partial charge in [0.05, 0.1) is 5.69 Å². The van der Waals surface area contributed by atoms with Gasteiger partial charge in [-0.2, -0.15) is 0 Å². The number of hydrogen-bond donors (Lipinski definition) is 5. The highest BCUT2D eigenvalue weighted by molar-refractivity contribution is 6.00. The fraction of sp³-hybridized carbons (Fsp3) is 0. The van der Waals surface area contributed by atoms with Gasteiger partial charge in [-0.15, -0.1) is 0 Å². The number of hydrogen-bond acceptors (Lipinski definition) is 3.